The lowest BCUT2D eigenvalue weighted by molar-refractivity contribution is 1.05. The molecule has 3 aromatic rings. The van der Waals surface area contributed by atoms with Crippen molar-refractivity contribution in [2.45, 2.75) is 13.5 Å². The number of nitrogens with one attached hydrogen (secondary N) is 1. The van der Waals surface area contributed by atoms with Crippen molar-refractivity contribution in [3.05, 3.63) is 58.9 Å². The first-order valence-electron chi connectivity index (χ1n) is 6.31. The number of benzene rings is 1. The maximum absolute atomic E-state index is 4.51. The molecule has 20 heavy (non-hydrogen) atoms. The molecule has 0 saturated carbocycles. The van der Waals surface area contributed by atoms with E-state index in [0.29, 0.717) is 6.54 Å². The van der Waals surface area contributed by atoms with Crippen LogP contribution in [0, 0.1) is 6.92 Å². The topological polar surface area (TPSA) is 50.7 Å². The average molecular weight is 282 g/mol. The smallest absolute Gasteiger partial charge is 0.115 e. The SMILES string of the molecule is Cc1nc(-c2cccc(NCc3cncnc3)c2)cs1. The van der Waals surface area contributed by atoms with Gasteiger partial charge in [0, 0.05) is 41.1 Å². The number of nitrogens with zero attached hydrogens (tertiary/aromatic N) is 3. The summed E-state index contributed by atoms with van der Waals surface area (Å²) in [7, 11) is 0. The normalized spacial score (nSPS) is 10.4. The third-order valence-electron chi connectivity index (χ3n) is 2.89. The highest BCUT2D eigenvalue weighted by Crippen LogP contribution is 2.24. The monoisotopic (exact) mass is 282 g/mol. The Morgan fingerprint density at radius 2 is 2.05 bits per heavy atom. The molecular formula is C15H14N4S. The Bertz CT molecular complexity index is 694. The fourth-order valence-corrected chi connectivity index (χ4v) is 2.53. The number of aromatic nitrogens is 3. The minimum absolute atomic E-state index is 0.709. The van der Waals surface area contributed by atoms with E-state index >= 15 is 0 Å². The van der Waals surface area contributed by atoms with E-state index in [-0.39, 0.29) is 0 Å². The van der Waals surface area contributed by atoms with Crippen molar-refractivity contribution in [3.8, 4) is 11.3 Å². The lowest BCUT2D eigenvalue weighted by atomic mass is 10.1. The van der Waals surface area contributed by atoms with Crippen LogP contribution >= 0.6 is 11.3 Å². The van der Waals surface area contributed by atoms with Gasteiger partial charge in [-0.25, -0.2) is 15.0 Å². The average Bonchev–Trinajstić information content (AvgIpc) is 2.93. The largest absolute Gasteiger partial charge is 0.381 e. The minimum Gasteiger partial charge on any atom is -0.381 e. The Balaban J connectivity index is 1.75. The third kappa shape index (κ3) is 3.00. The molecule has 4 nitrogen and oxygen atoms in total. The molecule has 1 N–H and O–H groups in total. The second-order valence-corrected chi connectivity index (χ2v) is 5.50. The van der Waals surface area contributed by atoms with Gasteiger partial charge in [-0.1, -0.05) is 12.1 Å². The zero-order valence-electron chi connectivity index (χ0n) is 11.1. The van der Waals surface area contributed by atoms with Gasteiger partial charge in [-0.3, -0.25) is 0 Å². The highest BCUT2D eigenvalue weighted by Gasteiger charge is 2.03. The van der Waals surface area contributed by atoms with E-state index in [1.165, 1.54) is 6.33 Å². The predicted octanol–water partition coefficient (Wildman–Crippen LogP) is 3.52. The van der Waals surface area contributed by atoms with Gasteiger partial charge in [-0.05, 0) is 19.1 Å². The van der Waals surface area contributed by atoms with Gasteiger partial charge in [0.25, 0.3) is 0 Å². The van der Waals surface area contributed by atoms with E-state index < -0.39 is 0 Å². The summed E-state index contributed by atoms with van der Waals surface area (Å²) in [5.74, 6) is 0. The van der Waals surface area contributed by atoms with E-state index in [4.69, 9.17) is 0 Å². The Kier molecular flexibility index (Phi) is 3.69. The standard InChI is InChI=1S/C15H14N4S/c1-11-19-15(9-20-11)13-3-2-4-14(5-13)18-8-12-6-16-10-17-7-12/h2-7,9-10,18H,8H2,1H3. The molecule has 3 rings (SSSR count). The Labute approximate surface area is 121 Å². The second kappa shape index (κ2) is 5.79. The van der Waals surface area contributed by atoms with E-state index in [1.807, 2.05) is 31.5 Å². The van der Waals surface area contributed by atoms with Crippen molar-refractivity contribution in [1.82, 2.24) is 15.0 Å². The fourth-order valence-electron chi connectivity index (χ4n) is 1.91. The molecule has 0 aliphatic carbocycles. The number of aryl methyl sites for hydroxylation is 1. The quantitative estimate of drug-likeness (QED) is 0.795. The number of hydrogen-bond acceptors (Lipinski definition) is 5. The maximum Gasteiger partial charge on any atom is 0.115 e. The molecule has 0 amide bonds. The highest BCUT2D eigenvalue weighted by atomic mass is 32.1. The predicted molar refractivity (Wildman–Crippen MR) is 81.6 cm³/mol. The molecule has 0 aliphatic heterocycles. The van der Waals surface area contributed by atoms with Crippen molar-refractivity contribution < 1.29 is 0 Å². The summed E-state index contributed by atoms with van der Waals surface area (Å²) in [6.45, 7) is 2.73. The van der Waals surface area contributed by atoms with Crippen LogP contribution in [-0.4, -0.2) is 15.0 Å². The maximum atomic E-state index is 4.51. The molecule has 1 aromatic carbocycles. The lowest BCUT2D eigenvalue weighted by Gasteiger charge is -2.07. The van der Waals surface area contributed by atoms with Crippen molar-refractivity contribution >= 4 is 17.0 Å². The van der Waals surface area contributed by atoms with Crippen molar-refractivity contribution in [2.24, 2.45) is 0 Å². The molecule has 0 unspecified atom stereocenters. The van der Waals surface area contributed by atoms with Crippen LogP contribution < -0.4 is 5.32 Å². The number of rotatable bonds is 4. The molecule has 100 valence electrons. The Morgan fingerprint density at radius 3 is 2.80 bits per heavy atom. The van der Waals surface area contributed by atoms with Crippen LogP contribution in [0.25, 0.3) is 11.3 Å². The summed E-state index contributed by atoms with van der Waals surface area (Å²) in [6, 6.07) is 8.27. The summed E-state index contributed by atoms with van der Waals surface area (Å²) in [5, 5.41) is 6.54. The minimum atomic E-state index is 0.709. The highest BCUT2D eigenvalue weighted by molar-refractivity contribution is 7.09. The molecule has 5 heteroatoms. The fraction of sp³-hybridized carbons (Fsp3) is 0.133. The van der Waals surface area contributed by atoms with Crippen molar-refractivity contribution in [1.29, 1.82) is 0 Å². The summed E-state index contributed by atoms with van der Waals surface area (Å²) >= 11 is 1.67. The summed E-state index contributed by atoms with van der Waals surface area (Å²) in [5.41, 5.74) is 4.28. The van der Waals surface area contributed by atoms with Gasteiger partial charge in [-0.2, -0.15) is 0 Å². The first kappa shape index (κ1) is 12.7. The van der Waals surface area contributed by atoms with Crippen LogP contribution in [0.3, 0.4) is 0 Å². The molecule has 0 spiro atoms. The van der Waals surface area contributed by atoms with Gasteiger partial charge in [0.1, 0.15) is 6.33 Å². The van der Waals surface area contributed by atoms with Crippen molar-refractivity contribution in [3.63, 3.8) is 0 Å². The van der Waals surface area contributed by atoms with E-state index in [0.717, 1.165) is 27.5 Å². The lowest BCUT2D eigenvalue weighted by Crippen LogP contribution is -2.00. The molecule has 2 aromatic heterocycles. The number of anilines is 1. The van der Waals surface area contributed by atoms with Crippen LogP contribution in [0.15, 0.2) is 48.4 Å². The summed E-state index contributed by atoms with van der Waals surface area (Å²) < 4.78 is 0. The van der Waals surface area contributed by atoms with Crippen LogP contribution in [0.5, 0.6) is 0 Å². The van der Waals surface area contributed by atoms with Gasteiger partial charge in [0.05, 0.1) is 10.7 Å². The van der Waals surface area contributed by atoms with Gasteiger partial charge in [0.15, 0.2) is 0 Å². The first-order chi connectivity index (χ1) is 9.81. The summed E-state index contributed by atoms with van der Waals surface area (Å²) in [4.78, 5) is 12.5. The van der Waals surface area contributed by atoms with E-state index in [9.17, 15) is 0 Å². The molecule has 0 radical (unpaired) electrons. The molecule has 0 atom stereocenters. The molecule has 0 saturated heterocycles. The number of thiazole rings is 1. The Hall–Kier alpha value is -2.27. The van der Waals surface area contributed by atoms with Crippen LogP contribution in [0.1, 0.15) is 10.6 Å². The van der Waals surface area contributed by atoms with E-state index in [2.05, 4.69) is 37.8 Å². The Morgan fingerprint density at radius 1 is 1.20 bits per heavy atom. The van der Waals surface area contributed by atoms with Crippen LogP contribution in [0.4, 0.5) is 5.69 Å². The van der Waals surface area contributed by atoms with Crippen LogP contribution in [-0.2, 0) is 6.54 Å². The van der Waals surface area contributed by atoms with Crippen molar-refractivity contribution in [2.75, 3.05) is 5.32 Å². The van der Waals surface area contributed by atoms with Crippen LogP contribution in [0.2, 0.25) is 0 Å². The summed E-state index contributed by atoms with van der Waals surface area (Å²) in [6.07, 6.45) is 5.16. The van der Waals surface area contributed by atoms with E-state index in [1.54, 1.807) is 11.3 Å². The van der Waals surface area contributed by atoms with Gasteiger partial charge in [0.2, 0.25) is 0 Å². The molecular weight excluding hydrogens is 268 g/mol. The third-order valence-corrected chi connectivity index (χ3v) is 3.66. The zero-order valence-corrected chi connectivity index (χ0v) is 11.9. The molecule has 0 aliphatic rings. The zero-order chi connectivity index (χ0) is 13.8. The number of hydrogen-bond donors (Lipinski definition) is 1. The molecule has 0 bridgehead atoms. The molecule has 2 heterocycles. The first-order valence-corrected chi connectivity index (χ1v) is 7.19. The molecule has 0 fully saturated rings. The second-order valence-electron chi connectivity index (χ2n) is 4.43. The van der Waals surface area contributed by atoms with Gasteiger partial charge < -0.3 is 5.32 Å². The van der Waals surface area contributed by atoms with Gasteiger partial charge in [-0.15, -0.1) is 11.3 Å². The van der Waals surface area contributed by atoms with Gasteiger partial charge >= 0.3 is 0 Å².